The molecule has 0 rings (SSSR count). The van der Waals surface area contributed by atoms with Crippen molar-refractivity contribution in [2.24, 2.45) is 5.41 Å². The van der Waals surface area contributed by atoms with Gasteiger partial charge in [0.25, 0.3) is 0 Å². The average molecular weight is 415 g/mol. The van der Waals surface area contributed by atoms with Gasteiger partial charge in [0.15, 0.2) is 0 Å². The zero-order valence-electron chi connectivity index (χ0n) is 18.9. The molecule has 0 aliphatic heterocycles. The van der Waals surface area contributed by atoms with Crippen LogP contribution in [0.3, 0.4) is 0 Å². The molecule has 5 heteroatoms. The predicted octanol–water partition coefficient (Wildman–Crippen LogP) is 4.92. The van der Waals surface area contributed by atoms with Gasteiger partial charge in [-0.05, 0) is 39.0 Å². The number of esters is 1. The summed E-state index contributed by atoms with van der Waals surface area (Å²) in [6.45, 7) is 2.56. The van der Waals surface area contributed by atoms with Crippen LogP contribution in [-0.4, -0.2) is 47.2 Å². The van der Waals surface area contributed by atoms with Crippen LogP contribution in [-0.2, 0) is 9.53 Å². The number of carbonyl (C=O) groups excluding carboxylic acids is 1. The third kappa shape index (κ3) is 13.8. The Hall–Kier alpha value is -0.910. The molecule has 0 fully saturated rings. The van der Waals surface area contributed by atoms with E-state index >= 15 is 0 Å². The molecule has 0 aliphatic carbocycles. The molecule has 0 aromatic heterocycles. The van der Waals surface area contributed by atoms with Gasteiger partial charge in [-0.2, -0.15) is 0 Å². The van der Waals surface area contributed by atoms with Crippen LogP contribution < -0.4 is 0 Å². The van der Waals surface area contributed by atoms with Crippen LogP contribution in [0.4, 0.5) is 0 Å². The van der Waals surface area contributed by atoms with Gasteiger partial charge in [-0.1, -0.05) is 70.4 Å². The summed E-state index contributed by atoms with van der Waals surface area (Å²) in [6, 6.07) is 0. The topological polar surface area (TPSA) is 87.0 Å². The second-order valence-electron chi connectivity index (χ2n) is 8.30. The van der Waals surface area contributed by atoms with Gasteiger partial charge in [0, 0.05) is 6.42 Å². The van der Waals surface area contributed by atoms with Crippen molar-refractivity contribution in [3.8, 4) is 0 Å². The van der Waals surface area contributed by atoms with Crippen LogP contribution in [0.25, 0.3) is 0 Å². The average Bonchev–Trinajstić information content (AvgIpc) is 2.72. The molecular weight excluding hydrogens is 368 g/mol. The summed E-state index contributed by atoms with van der Waals surface area (Å²) in [5, 5.41) is 28.1. The van der Waals surface area contributed by atoms with Gasteiger partial charge >= 0.3 is 5.97 Å². The SMILES string of the molecule is CCCCCCCC/C=C\CCCCCCCC(=O)OC(C)C(CO)(CO)CO. The van der Waals surface area contributed by atoms with Crippen molar-refractivity contribution in [1.82, 2.24) is 0 Å². The molecule has 5 nitrogen and oxygen atoms in total. The lowest BCUT2D eigenvalue weighted by Gasteiger charge is -2.33. The van der Waals surface area contributed by atoms with Crippen molar-refractivity contribution in [2.45, 2.75) is 110 Å². The number of hydrogen-bond donors (Lipinski definition) is 3. The van der Waals surface area contributed by atoms with Crippen LogP contribution in [0, 0.1) is 5.41 Å². The van der Waals surface area contributed by atoms with E-state index in [1.807, 2.05) is 0 Å². The number of hydrogen-bond acceptors (Lipinski definition) is 5. The van der Waals surface area contributed by atoms with Gasteiger partial charge in [-0.15, -0.1) is 0 Å². The minimum absolute atomic E-state index is 0.334. The van der Waals surface area contributed by atoms with Crippen LogP contribution >= 0.6 is 0 Å². The van der Waals surface area contributed by atoms with E-state index in [0.29, 0.717) is 6.42 Å². The molecule has 0 aromatic rings. The largest absolute Gasteiger partial charge is 0.462 e. The molecular formula is C24H46O5. The van der Waals surface area contributed by atoms with E-state index < -0.39 is 31.3 Å². The molecule has 0 radical (unpaired) electrons. The molecule has 0 bridgehead atoms. The Morgan fingerprint density at radius 3 is 1.72 bits per heavy atom. The lowest BCUT2D eigenvalue weighted by atomic mass is 9.85. The van der Waals surface area contributed by atoms with E-state index in [4.69, 9.17) is 4.74 Å². The molecule has 0 spiro atoms. The van der Waals surface area contributed by atoms with Gasteiger partial charge in [0.1, 0.15) is 6.10 Å². The lowest BCUT2D eigenvalue weighted by Crippen LogP contribution is -2.45. The first-order valence-corrected chi connectivity index (χ1v) is 11.7. The Morgan fingerprint density at radius 1 is 0.793 bits per heavy atom. The highest BCUT2D eigenvalue weighted by atomic mass is 16.5. The maximum Gasteiger partial charge on any atom is 0.306 e. The Kier molecular flexibility index (Phi) is 18.5. The van der Waals surface area contributed by atoms with Gasteiger partial charge in [-0.3, -0.25) is 4.79 Å². The third-order valence-electron chi connectivity index (χ3n) is 5.76. The highest BCUT2D eigenvalue weighted by Gasteiger charge is 2.37. The molecule has 0 saturated carbocycles. The van der Waals surface area contributed by atoms with Crippen molar-refractivity contribution in [3.63, 3.8) is 0 Å². The van der Waals surface area contributed by atoms with E-state index in [1.165, 1.54) is 57.8 Å². The maximum atomic E-state index is 11.9. The number of unbranched alkanes of at least 4 members (excludes halogenated alkanes) is 11. The first kappa shape index (κ1) is 28.1. The Bertz CT molecular complexity index is 396. The minimum Gasteiger partial charge on any atom is -0.462 e. The van der Waals surface area contributed by atoms with Gasteiger partial charge < -0.3 is 20.1 Å². The lowest BCUT2D eigenvalue weighted by molar-refractivity contribution is -0.163. The molecule has 0 aromatic carbocycles. The van der Waals surface area contributed by atoms with Crippen molar-refractivity contribution < 1.29 is 24.9 Å². The molecule has 1 atom stereocenters. The summed E-state index contributed by atoms with van der Waals surface area (Å²) >= 11 is 0. The van der Waals surface area contributed by atoms with Gasteiger partial charge in [0.2, 0.25) is 0 Å². The van der Waals surface area contributed by atoms with Crippen molar-refractivity contribution in [1.29, 1.82) is 0 Å². The third-order valence-corrected chi connectivity index (χ3v) is 5.76. The number of carbonyl (C=O) groups is 1. The fraction of sp³-hybridized carbons (Fsp3) is 0.875. The maximum absolute atomic E-state index is 11.9. The standard InChI is InChI=1S/C24H46O5/c1-3-4-5-6-7-8-9-10-11-12-13-14-15-16-17-18-23(28)29-22(2)24(19-25,20-26)21-27/h10-11,22,25-27H,3-9,12-21H2,1-2H3/b11-10-. The summed E-state index contributed by atoms with van der Waals surface area (Å²) in [5.74, 6) is -0.338. The van der Waals surface area contributed by atoms with Crippen molar-refractivity contribution in [2.75, 3.05) is 19.8 Å². The predicted molar refractivity (Wildman–Crippen MR) is 119 cm³/mol. The molecule has 1 unspecified atom stereocenters. The van der Waals surface area contributed by atoms with Crippen molar-refractivity contribution >= 4 is 5.97 Å². The summed E-state index contributed by atoms with van der Waals surface area (Å²) < 4.78 is 5.28. The Labute approximate surface area is 178 Å². The number of aliphatic hydroxyl groups excluding tert-OH is 3. The number of rotatable bonds is 20. The Morgan fingerprint density at radius 2 is 1.24 bits per heavy atom. The molecule has 0 aliphatic rings. The second kappa shape index (κ2) is 19.1. The molecule has 0 heterocycles. The highest BCUT2D eigenvalue weighted by Crippen LogP contribution is 2.23. The smallest absolute Gasteiger partial charge is 0.306 e. The van der Waals surface area contributed by atoms with Gasteiger partial charge in [0.05, 0.1) is 25.2 Å². The van der Waals surface area contributed by atoms with E-state index in [2.05, 4.69) is 19.1 Å². The second-order valence-corrected chi connectivity index (χ2v) is 8.30. The van der Waals surface area contributed by atoms with E-state index in [9.17, 15) is 20.1 Å². The molecule has 0 amide bonds. The van der Waals surface area contributed by atoms with E-state index in [0.717, 1.165) is 25.7 Å². The summed E-state index contributed by atoms with van der Waals surface area (Å²) in [7, 11) is 0. The molecule has 172 valence electrons. The summed E-state index contributed by atoms with van der Waals surface area (Å²) in [5.41, 5.74) is -1.18. The van der Waals surface area contributed by atoms with Crippen LogP contribution in [0.15, 0.2) is 12.2 Å². The Balaban J connectivity index is 3.58. The fourth-order valence-electron chi connectivity index (χ4n) is 3.26. The van der Waals surface area contributed by atoms with Crippen LogP contribution in [0.2, 0.25) is 0 Å². The number of allylic oxidation sites excluding steroid dienone is 2. The normalized spacial score (nSPS) is 13.1. The monoisotopic (exact) mass is 414 g/mol. The highest BCUT2D eigenvalue weighted by molar-refractivity contribution is 5.69. The number of aliphatic hydroxyl groups is 3. The zero-order valence-corrected chi connectivity index (χ0v) is 18.9. The van der Waals surface area contributed by atoms with Crippen molar-refractivity contribution in [3.05, 3.63) is 12.2 Å². The first-order valence-electron chi connectivity index (χ1n) is 11.7. The minimum atomic E-state index is -1.18. The fourth-order valence-corrected chi connectivity index (χ4v) is 3.26. The quantitative estimate of drug-likeness (QED) is 0.150. The summed E-state index contributed by atoms with van der Waals surface area (Å²) in [4.78, 5) is 11.9. The van der Waals surface area contributed by atoms with Crippen LogP contribution in [0.5, 0.6) is 0 Å². The van der Waals surface area contributed by atoms with Crippen LogP contribution in [0.1, 0.15) is 104 Å². The van der Waals surface area contributed by atoms with E-state index in [-0.39, 0.29) is 5.97 Å². The summed E-state index contributed by atoms with van der Waals surface area (Å²) in [6.07, 6.45) is 19.9. The molecule has 29 heavy (non-hydrogen) atoms. The van der Waals surface area contributed by atoms with E-state index in [1.54, 1.807) is 6.92 Å². The first-order chi connectivity index (χ1) is 14.1. The van der Waals surface area contributed by atoms with Gasteiger partial charge in [-0.25, -0.2) is 0 Å². The molecule has 3 N–H and O–H groups in total. The molecule has 0 saturated heterocycles. The zero-order chi connectivity index (χ0) is 21.8. The number of ether oxygens (including phenoxy) is 1.